The SMILES string of the molecule is C=C(C(=O)N(CC(=O)O)c1ccccc1)c1cc[c]c(Cl)c1Cl. The molecule has 1 radical (unpaired) electrons. The number of amides is 1. The highest BCUT2D eigenvalue weighted by Crippen LogP contribution is 2.31. The zero-order chi connectivity index (χ0) is 17.0. The molecule has 0 aliphatic carbocycles. The third kappa shape index (κ3) is 3.92. The molecule has 0 bridgehead atoms. The standard InChI is InChI=1S/C17H12Cl2NO3/c1-11(13-8-5-9-14(18)16(13)19)17(23)20(10-15(21)22)12-6-3-2-4-7-12/h2-8H,1,10H2,(H,21,22). The van der Waals surface area contributed by atoms with Gasteiger partial charge in [-0.2, -0.15) is 0 Å². The van der Waals surface area contributed by atoms with Crippen LogP contribution in [0.4, 0.5) is 5.69 Å². The molecule has 0 fully saturated rings. The fraction of sp³-hybridized carbons (Fsp3) is 0.0588. The Labute approximate surface area is 143 Å². The molecule has 0 unspecified atom stereocenters. The van der Waals surface area contributed by atoms with Crippen LogP contribution in [0.5, 0.6) is 0 Å². The van der Waals surface area contributed by atoms with Gasteiger partial charge in [-0.1, -0.05) is 60.1 Å². The largest absolute Gasteiger partial charge is 0.480 e. The minimum atomic E-state index is -1.14. The summed E-state index contributed by atoms with van der Waals surface area (Å²) >= 11 is 12.0. The molecule has 0 spiro atoms. The lowest BCUT2D eigenvalue weighted by Gasteiger charge is -2.22. The van der Waals surface area contributed by atoms with Gasteiger partial charge in [0.1, 0.15) is 6.54 Å². The van der Waals surface area contributed by atoms with Gasteiger partial charge in [-0.25, -0.2) is 0 Å². The second-order valence-electron chi connectivity index (χ2n) is 4.62. The molecular formula is C17H12Cl2NO3. The number of hydrogen-bond donors (Lipinski definition) is 1. The van der Waals surface area contributed by atoms with E-state index in [1.54, 1.807) is 36.4 Å². The maximum absolute atomic E-state index is 12.7. The molecule has 2 rings (SSSR count). The first-order valence-electron chi connectivity index (χ1n) is 6.55. The van der Waals surface area contributed by atoms with E-state index in [4.69, 9.17) is 28.3 Å². The van der Waals surface area contributed by atoms with Crippen molar-refractivity contribution in [3.63, 3.8) is 0 Å². The number of rotatable bonds is 5. The van der Waals surface area contributed by atoms with Gasteiger partial charge >= 0.3 is 5.97 Å². The van der Waals surface area contributed by atoms with Gasteiger partial charge in [-0.3, -0.25) is 14.5 Å². The number of carboxylic acids is 1. The summed E-state index contributed by atoms with van der Waals surface area (Å²) in [7, 11) is 0. The number of hydrogen-bond acceptors (Lipinski definition) is 2. The number of anilines is 1. The number of carbonyl (C=O) groups excluding carboxylic acids is 1. The van der Waals surface area contributed by atoms with Crippen LogP contribution < -0.4 is 4.90 Å². The molecule has 6 heteroatoms. The van der Waals surface area contributed by atoms with Gasteiger partial charge in [0.2, 0.25) is 0 Å². The van der Waals surface area contributed by atoms with Crippen molar-refractivity contribution in [2.24, 2.45) is 0 Å². The fourth-order valence-corrected chi connectivity index (χ4v) is 2.38. The average Bonchev–Trinajstić information content (AvgIpc) is 2.54. The molecule has 0 aliphatic rings. The van der Waals surface area contributed by atoms with Gasteiger partial charge in [0, 0.05) is 22.9 Å². The minimum absolute atomic E-state index is 0.0519. The van der Waals surface area contributed by atoms with Gasteiger partial charge in [-0.05, 0) is 12.1 Å². The van der Waals surface area contributed by atoms with E-state index in [9.17, 15) is 9.59 Å². The van der Waals surface area contributed by atoms with Crippen molar-refractivity contribution in [1.82, 2.24) is 0 Å². The molecule has 0 saturated heterocycles. The summed E-state index contributed by atoms with van der Waals surface area (Å²) in [5.41, 5.74) is 0.841. The van der Waals surface area contributed by atoms with Crippen molar-refractivity contribution in [2.75, 3.05) is 11.4 Å². The van der Waals surface area contributed by atoms with E-state index in [-0.39, 0.29) is 15.6 Å². The third-order valence-electron chi connectivity index (χ3n) is 3.08. The lowest BCUT2D eigenvalue weighted by Crippen LogP contribution is -2.36. The van der Waals surface area contributed by atoms with Crippen LogP contribution in [0.15, 0.2) is 49.0 Å². The Morgan fingerprint density at radius 1 is 1.17 bits per heavy atom. The van der Waals surface area contributed by atoms with E-state index >= 15 is 0 Å². The van der Waals surface area contributed by atoms with Crippen molar-refractivity contribution in [1.29, 1.82) is 0 Å². The molecule has 117 valence electrons. The molecule has 2 aromatic rings. The molecule has 0 aromatic heterocycles. The first-order valence-corrected chi connectivity index (χ1v) is 7.31. The zero-order valence-corrected chi connectivity index (χ0v) is 13.4. The number of benzene rings is 2. The Bertz CT molecular complexity index is 760. The van der Waals surface area contributed by atoms with Crippen molar-refractivity contribution in [3.05, 3.63) is 70.7 Å². The van der Waals surface area contributed by atoms with E-state index in [1.807, 2.05) is 0 Å². The monoisotopic (exact) mass is 348 g/mol. The Morgan fingerprint density at radius 2 is 1.83 bits per heavy atom. The molecule has 2 aromatic carbocycles. The first kappa shape index (κ1) is 17.1. The summed E-state index contributed by atoms with van der Waals surface area (Å²) in [5.74, 6) is -1.71. The number of aliphatic carboxylic acids is 1. The minimum Gasteiger partial charge on any atom is -0.480 e. The second kappa shape index (κ2) is 7.31. The van der Waals surface area contributed by atoms with Gasteiger partial charge in [-0.15, -0.1) is 0 Å². The highest BCUT2D eigenvalue weighted by atomic mass is 35.5. The molecule has 4 nitrogen and oxygen atoms in total. The molecular weight excluding hydrogens is 337 g/mol. The topological polar surface area (TPSA) is 57.6 Å². The molecule has 0 saturated carbocycles. The molecule has 0 heterocycles. The van der Waals surface area contributed by atoms with Crippen molar-refractivity contribution < 1.29 is 14.7 Å². The predicted octanol–water partition coefficient (Wildman–Crippen LogP) is 3.92. The number of carboxylic acid groups (broad SMARTS) is 1. The van der Waals surface area contributed by atoms with E-state index in [2.05, 4.69) is 12.6 Å². The predicted molar refractivity (Wildman–Crippen MR) is 90.8 cm³/mol. The van der Waals surface area contributed by atoms with Crippen LogP contribution in [0.2, 0.25) is 10.0 Å². The van der Waals surface area contributed by atoms with E-state index < -0.39 is 18.4 Å². The van der Waals surface area contributed by atoms with Gasteiger partial charge in [0.05, 0.1) is 10.0 Å². The van der Waals surface area contributed by atoms with E-state index in [0.717, 1.165) is 4.90 Å². The number of halogens is 2. The highest BCUT2D eigenvalue weighted by molar-refractivity contribution is 6.44. The summed E-state index contributed by atoms with van der Waals surface area (Å²) in [5, 5.41) is 9.39. The smallest absolute Gasteiger partial charge is 0.323 e. The van der Waals surface area contributed by atoms with Gasteiger partial charge < -0.3 is 5.11 Å². The lowest BCUT2D eigenvalue weighted by atomic mass is 10.1. The summed E-state index contributed by atoms with van der Waals surface area (Å²) < 4.78 is 0. The van der Waals surface area contributed by atoms with Crippen LogP contribution in [0.1, 0.15) is 5.56 Å². The van der Waals surface area contributed by atoms with Crippen molar-refractivity contribution >= 4 is 46.3 Å². The summed E-state index contributed by atoms with van der Waals surface area (Å²) in [6.45, 7) is 3.25. The lowest BCUT2D eigenvalue weighted by molar-refractivity contribution is -0.136. The van der Waals surface area contributed by atoms with Crippen LogP contribution in [0, 0.1) is 6.07 Å². The Balaban J connectivity index is 2.39. The molecule has 0 aliphatic heterocycles. The normalized spacial score (nSPS) is 10.2. The number of nitrogens with zero attached hydrogens (tertiary/aromatic N) is 1. The van der Waals surface area contributed by atoms with E-state index in [0.29, 0.717) is 11.3 Å². The van der Waals surface area contributed by atoms with Crippen LogP contribution >= 0.6 is 23.2 Å². The third-order valence-corrected chi connectivity index (χ3v) is 3.87. The fourth-order valence-electron chi connectivity index (χ4n) is 1.99. The maximum atomic E-state index is 12.7. The van der Waals surface area contributed by atoms with Gasteiger partial charge in [0.15, 0.2) is 0 Å². The summed E-state index contributed by atoms with van der Waals surface area (Å²) in [6.07, 6.45) is 0. The van der Waals surface area contributed by atoms with Crippen LogP contribution in [0.3, 0.4) is 0 Å². The Hall–Kier alpha value is -2.30. The molecule has 23 heavy (non-hydrogen) atoms. The molecule has 1 N–H and O–H groups in total. The summed E-state index contributed by atoms with van der Waals surface area (Å²) in [6, 6.07) is 14.2. The first-order chi connectivity index (χ1) is 10.9. The zero-order valence-electron chi connectivity index (χ0n) is 11.9. The number of carbonyl (C=O) groups is 2. The quantitative estimate of drug-likeness (QED) is 0.833. The van der Waals surface area contributed by atoms with Gasteiger partial charge in [0.25, 0.3) is 5.91 Å². The maximum Gasteiger partial charge on any atom is 0.323 e. The number of para-hydroxylation sites is 1. The highest BCUT2D eigenvalue weighted by Gasteiger charge is 2.23. The molecule has 1 amide bonds. The Kier molecular flexibility index (Phi) is 5.42. The average molecular weight is 349 g/mol. The van der Waals surface area contributed by atoms with Crippen molar-refractivity contribution in [2.45, 2.75) is 0 Å². The van der Waals surface area contributed by atoms with Crippen LogP contribution in [0.25, 0.3) is 5.57 Å². The van der Waals surface area contributed by atoms with Crippen LogP contribution in [-0.2, 0) is 9.59 Å². The van der Waals surface area contributed by atoms with Crippen molar-refractivity contribution in [3.8, 4) is 0 Å². The van der Waals surface area contributed by atoms with E-state index in [1.165, 1.54) is 6.07 Å². The van der Waals surface area contributed by atoms with Crippen LogP contribution in [-0.4, -0.2) is 23.5 Å². The molecule has 0 atom stereocenters. The second-order valence-corrected chi connectivity index (χ2v) is 5.37. The summed E-state index contributed by atoms with van der Waals surface area (Å²) in [4.78, 5) is 24.9. The Morgan fingerprint density at radius 3 is 2.43 bits per heavy atom.